The second kappa shape index (κ2) is 2.62. The van der Waals surface area contributed by atoms with Crippen LogP contribution in [0.2, 0.25) is 0 Å². The molecule has 1 rings (SSSR count). The van der Waals surface area contributed by atoms with Gasteiger partial charge in [-0.3, -0.25) is 0 Å². The lowest BCUT2D eigenvalue weighted by Crippen LogP contribution is -1.79. The molecule has 0 bridgehead atoms. The Morgan fingerprint density at radius 2 is 1.56 bits per heavy atom. The van der Waals surface area contributed by atoms with Gasteiger partial charge in [-0.2, -0.15) is 0 Å². The third-order valence-electron chi connectivity index (χ3n) is 1.22. The molecule has 1 aromatic rings. The maximum absolute atomic E-state index is 11.8. The van der Waals surface area contributed by atoms with E-state index in [4.69, 9.17) is 0 Å². The first-order chi connectivity index (χ1) is 4.38. The van der Waals surface area contributed by atoms with Crippen LogP contribution in [0.25, 0.3) is 0 Å². The Bertz CT molecular complexity index is 164. The molecule has 0 fully saturated rings. The van der Waals surface area contributed by atoms with Crippen LogP contribution in [0, 0.1) is 0 Å². The molecule has 0 saturated carbocycles. The molecule has 1 aromatic heterocycles. The van der Waals surface area contributed by atoms with Gasteiger partial charge in [0.1, 0.15) is 13.3 Å². The lowest BCUT2D eigenvalue weighted by Gasteiger charge is -1.88. The van der Waals surface area contributed by atoms with Crippen LogP contribution in [0.4, 0.5) is 8.78 Å². The highest BCUT2D eigenvalue weighted by Gasteiger charge is 2.00. The molecule has 9 heavy (non-hydrogen) atoms. The van der Waals surface area contributed by atoms with Crippen LogP contribution < -0.4 is 0 Å². The summed E-state index contributed by atoms with van der Waals surface area (Å²) in [6.45, 7) is -1.19. The summed E-state index contributed by atoms with van der Waals surface area (Å²) < 4.78 is 23.6. The van der Waals surface area contributed by atoms with Gasteiger partial charge in [-0.25, -0.2) is 8.78 Å². The largest absolute Gasteiger partial charge is 0.367 e. The highest BCUT2D eigenvalue weighted by atomic mass is 19.1. The lowest BCUT2D eigenvalue weighted by atomic mass is 10.2. The molecular weight excluding hydrogens is 124 g/mol. The van der Waals surface area contributed by atoms with Crippen molar-refractivity contribution >= 4 is 0 Å². The fraction of sp³-hybridized carbons (Fsp3) is 0.333. The normalized spacial score (nSPS) is 10.0. The van der Waals surface area contributed by atoms with Crippen LogP contribution in [0.1, 0.15) is 11.1 Å². The molecule has 0 saturated heterocycles. The number of rotatable bonds is 2. The molecule has 0 atom stereocenters. The van der Waals surface area contributed by atoms with Crippen LogP contribution in [0.15, 0.2) is 12.4 Å². The first-order valence-corrected chi connectivity index (χ1v) is 2.65. The molecule has 0 spiro atoms. The van der Waals surface area contributed by atoms with E-state index in [-0.39, 0.29) is 0 Å². The van der Waals surface area contributed by atoms with E-state index in [0.717, 1.165) is 0 Å². The standard InChI is InChI=1S/C6H7F2N/c7-1-5-3-9-4-6(5)2-8/h3-4,9H,1-2H2. The second-order valence-electron chi connectivity index (χ2n) is 1.77. The van der Waals surface area contributed by atoms with Gasteiger partial charge in [0.05, 0.1) is 0 Å². The van der Waals surface area contributed by atoms with Crippen LogP contribution in [0.5, 0.6) is 0 Å². The molecule has 50 valence electrons. The number of nitrogens with one attached hydrogen (secondary N) is 1. The van der Waals surface area contributed by atoms with Crippen molar-refractivity contribution in [1.29, 1.82) is 0 Å². The van der Waals surface area contributed by atoms with E-state index in [2.05, 4.69) is 4.98 Å². The lowest BCUT2D eigenvalue weighted by molar-refractivity contribution is 0.456. The van der Waals surface area contributed by atoms with Crippen LogP contribution in [0.3, 0.4) is 0 Å². The summed E-state index contributed by atoms with van der Waals surface area (Å²) in [4.78, 5) is 2.62. The van der Waals surface area contributed by atoms with E-state index >= 15 is 0 Å². The number of hydrogen-bond acceptors (Lipinski definition) is 0. The Labute approximate surface area is 51.7 Å². The first-order valence-electron chi connectivity index (χ1n) is 2.65. The maximum atomic E-state index is 11.8. The zero-order valence-corrected chi connectivity index (χ0v) is 4.82. The summed E-state index contributed by atoms with van der Waals surface area (Å²) in [6, 6.07) is 0. The number of halogens is 2. The van der Waals surface area contributed by atoms with Gasteiger partial charge < -0.3 is 4.98 Å². The van der Waals surface area contributed by atoms with Gasteiger partial charge in [-0.05, 0) is 0 Å². The Morgan fingerprint density at radius 3 is 1.89 bits per heavy atom. The fourth-order valence-corrected chi connectivity index (χ4v) is 0.677. The Hall–Kier alpha value is -0.860. The van der Waals surface area contributed by atoms with Crippen LogP contribution in [-0.2, 0) is 13.3 Å². The van der Waals surface area contributed by atoms with Crippen molar-refractivity contribution in [2.75, 3.05) is 0 Å². The maximum Gasteiger partial charge on any atom is 0.116 e. The zero-order chi connectivity index (χ0) is 6.69. The molecule has 3 heteroatoms. The van der Waals surface area contributed by atoms with Crippen molar-refractivity contribution in [2.24, 2.45) is 0 Å². The van der Waals surface area contributed by atoms with E-state index in [1.807, 2.05) is 0 Å². The van der Waals surface area contributed by atoms with E-state index in [1.54, 1.807) is 0 Å². The van der Waals surface area contributed by atoms with Gasteiger partial charge in [-0.15, -0.1) is 0 Å². The number of H-pyrrole nitrogens is 1. The molecule has 0 unspecified atom stereocenters. The highest BCUT2D eigenvalue weighted by Crippen LogP contribution is 2.09. The highest BCUT2D eigenvalue weighted by molar-refractivity contribution is 5.21. The summed E-state index contributed by atoms with van der Waals surface area (Å²) in [5.74, 6) is 0. The van der Waals surface area contributed by atoms with Gasteiger partial charge in [0.25, 0.3) is 0 Å². The Kier molecular flexibility index (Phi) is 1.82. The smallest absolute Gasteiger partial charge is 0.116 e. The van der Waals surface area contributed by atoms with E-state index < -0.39 is 13.3 Å². The molecule has 1 heterocycles. The van der Waals surface area contributed by atoms with Gasteiger partial charge >= 0.3 is 0 Å². The number of alkyl halides is 2. The molecule has 0 aliphatic carbocycles. The topological polar surface area (TPSA) is 15.8 Å². The fourth-order valence-electron chi connectivity index (χ4n) is 0.677. The van der Waals surface area contributed by atoms with E-state index in [0.29, 0.717) is 11.1 Å². The molecule has 0 aliphatic heterocycles. The molecular formula is C6H7F2N. The summed E-state index contributed by atoms with van der Waals surface area (Å²) in [6.07, 6.45) is 2.93. The molecule has 0 aliphatic rings. The summed E-state index contributed by atoms with van der Waals surface area (Å²) in [5.41, 5.74) is 0.829. The second-order valence-corrected chi connectivity index (χ2v) is 1.77. The van der Waals surface area contributed by atoms with Gasteiger partial charge in [0, 0.05) is 23.5 Å². The SMILES string of the molecule is FCc1c[nH]cc1CF. The Balaban J connectivity index is 2.85. The minimum absolute atomic E-state index is 0.414. The van der Waals surface area contributed by atoms with Gasteiger partial charge in [0.2, 0.25) is 0 Å². The van der Waals surface area contributed by atoms with Crippen molar-refractivity contribution in [3.8, 4) is 0 Å². The number of aromatic nitrogens is 1. The van der Waals surface area contributed by atoms with Gasteiger partial charge in [-0.1, -0.05) is 0 Å². The van der Waals surface area contributed by atoms with Crippen LogP contribution >= 0.6 is 0 Å². The average molecular weight is 131 g/mol. The Morgan fingerprint density at radius 1 is 1.11 bits per heavy atom. The predicted molar refractivity (Wildman–Crippen MR) is 30.4 cm³/mol. The van der Waals surface area contributed by atoms with Crippen molar-refractivity contribution in [3.05, 3.63) is 23.5 Å². The number of aromatic amines is 1. The van der Waals surface area contributed by atoms with Crippen molar-refractivity contribution in [1.82, 2.24) is 4.98 Å². The van der Waals surface area contributed by atoms with Crippen LogP contribution in [-0.4, -0.2) is 4.98 Å². The van der Waals surface area contributed by atoms with Crippen molar-refractivity contribution in [3.63, 3.8) is 0 Å². The third-order valence-corrected chi connectivity index (χ3v) is 1.22. The monoisotopic (exact) mass is 131 g/mol. The quantitative estimate of drug-likeness (QED) is 0.631. The molecule has 1 N–H and O–H groups in total. The molecule has 1 nitrogen and oxygen atoms in total. The first kappa shape index (κ1) is 6.26. The van der Waals surface area contributed by atoms with Crippen molar-refractivity contribution in [2.45, 2.75) is 13.3 Å². The summed E-state index contributed by atoms with van der Waals surface area (Å²) in [7, 11) is 0. The summed E-state index contributed by atoms with van der Waals surface area (Å²) in [5, 5.41) is 0. The summed E-state index contributed by atoms with van der Waals surface area (Å²) >= 11 is 0. The number of hydrogen-bond donors (Lipinski definition) is 1. The predicted octanol–water partition coefficient (Wildman–Crippen LogP) is 1.95. The van der Waals surface area contributed by atoms with E-state index in [1.165, 1.54) is 12.4 Å². The minimum Gasteiger partial charge on any atom is -0.367 e. The van der Waals surface area contributed by atoms with E-state index in [9.17, 15) is 8.78 Å². The average Bonchev–Trinajstić information content (AvgIpc) is 2.33. The van der Waals surface area contributed by atoms with Crippen molar-refractivity contribution < 1.29 is 8.78 Å². The molecule has 0 radical (unpaired) electrons. The molecule has 0 aromatic carbocycles. The third kappa shape index (κ3) is 1.09. The minimum atomic E-state index is -0.594. The van der Waals surface area contributed by atoms with Gasteiger partial charge in [0.15, 0.2) is 0 Å². The zero-order valence-electron chi connectivity index (χ0n) is 4.82. The molecule has 0 amide bonds.